The Hall–Kier alpha value is -3.69. The third-order valence-electron chi connectivity index (χ3n) is 5.71. The SMILES string of the molecule is Cc1cc(C)c(CNC(=O)c2cc(NC3CCOC(=O)C3)nc3c2cnn3C(C)C)c(=O)[nH]1. The number of ether oxygens (including phenoxy) is 1. The highest BCUT2D eigenvalue weighted by molar-refractivity contribution is 6.06. The lowest BCUT2D eigenvalue weighted by molar-refractivity contribution is -0.147. The number of carbonyl (C=O) groups is 2. The van der Waals surface area contributed by atoms with Crippen LogP contribution in [0.4, 0.5) is 5.82 Å². The molecule has 3 aromatic heterocycles. The van der Waals surface area contributed by atoms with E-state index in [1.54, 1.807) is 16.9 Å². The van der Waals surface area contributed by atoms with Gasteiger partial charge in [0.15, 0.2) is 5.65 Å². The first-order valence-corrected chi connectivity index (χ1v) is 11.0. The van der Waals surface area contributed by atoms with Crippen molar-refractivity contribution < 1.29 is 14.3 Å². The molecule has 1 aliphatic rings. The number of hydrogen-bond acceptors (Lipinski definition) is 7. The molecule has 4 rings (SSSR count). The monoisotopic (exact) mass is 452 g/mol. The molecule has 10 heteroatoms. The van der Waals surface area contributed by atoms with E-state index in [4.69, 9.17) is 4.74 Å². The highest BCUT2D eigenvalue weighted by Crippen LogP contribution is 2.25. The Morgan fingerprint density at radius 1 is 1.30 bits per heavy atom. The first-order chi connectivity index (χ1) is 15.7. The maximum absolute atomic E-state index is 13.2. The molecule has 0 saturated carbocycles. The molecule has 10 nitrogen and oxygen atoms in total. The van der Waals surface area contributed by atoms with Crippen molar-refractivity contribution in [3.8, 4) is 0 Å². The van der Waals surface area contributed by atoms with Crippen molar-refractivity contribution in [2.75, 3.05) is 11.9 Å². The van der Waals surface area contributed by atoms with E-state index in [1.165, 1.54) is 0 Å². The third-order valence-corrected chi connectivity index (χ3v) is 5.71. The van der Waals surface area contributed by atoms with Gasteiger partial charge in [-0.3, -0.25) is 14.4 Å². The number of fused-ring (bicyclic) bond motifs is 1. The minimum atomic E-state index is -0.337. The number of aromatic amines is 1. The lowest BCUT2D eigenvalue weighted by Crippen LogP contribution is -2.32. The molecule has 1 amide bonds. The Bertz CT molecular complexity index is 1280. The van der Waals surface area contributed by atoms with Gasteiger partial charge in [0.05, 0.1) is 30.2 Å². The second kappa shape index (κ2) is 9.05. The van der Waals surface area contributed by atoms with Gasteiger partial charge in [-0.15, -0.1) is 0 Å². The highest BCUT2D eigenvalue weighted by Gasteiger charge is 2.23. The van der Waals surface area contributed by atoms with Gasteiger partial charge in [0.2, 0.25) is 0 Å². The maximum Gasteiger partial charge on any atom is 0.307 e. The fourth-order valence-electron chi connectivity index (χ4n) is 4.03. The van der Waals surface area contributed by atoms with E-state index in [0.717, 1.165) is 11.3 Å². The lowest BCUT2D eigenvalue weighted by atomic mass is 10.1. The molecule has 4 heterocycles. The van der Waals surface area contributed by atoms with Gasteiger partial charge in [-0.05, 0) is 45.4 Å². The standard InChI is InChI=1S/C23H28N6O4/c1-12(2)29-21-18(11-25-29)16(9-19(28-21)27-15-5-6-33-20(30)8-15)22(31)24-10-17-13(3)7-14(4)26-23(17)32/h7,9,11-12,15H,5-6,8,10H2,1-4H3,(H,24,31)(H,26,32)(H,27,28). The summed E-state index contributed by atoms with van der Waals surface area (Å²) in [6.45, 7) is 8.07. The molecule has 1 fully saturated rings. The number of H-pyrrole nitrogens is 1. The summed E-state index contributed by atoms with van der Waals surface area (Å²) in [4.78, 5) is 44.6. The highest BCUT2D eigenvalue weighted by atomic mass is 16.5. The van der Waals surface area contributed by atoms with E-state index in [0.29, 0.717) is 41.0 Å². The van der Waals surface area contributed by atoms with Crippen molar-refractivity contribution in [1.82, 2.24) is 25.1 Å². The Morgan fingerprint density at radius 2 is 2.09 bits per heavy atom. The molecule has 3 aromatic rings. The minimum absolute atomic E-state index is 0.0413. The Labute approximate surface area is 190 Å². The molecule has 3 N–H and O–H groups in total. The second-order valence-corrected chi connectivity index (χ2v) is 8.66. The molecule has 174 valence electrons. The summed E-state index contributed by atoms with van der Waals surface area (Å²) in [6.07, 6.45) is 2.52. The zero-order chi connectivity index (χ0) is 23.7. The lowest BCUT2D eigenvalue weighted by Gasteiger charge is -2.23. The Kier molecular flexibility index (Phi) is 6.17. The Morgan fingerprint density at radius 3 is 2.79 bits per heavy atom. The number of aryl methyl sites for hydroxylation is 2. The van der Waals surface area contributed by atoms with Crippen molar-refractivity contribution in [3.63, 3.8) is 0 Å². The van der Waals surface area contributed by atoms with Gasteiger partial charge in [0.1, 0.15) is 5.82 Å². The molecule has 0 aromatic carbocycles. The topological polar surface area (TPSA) is 131 Å². The number of nitrogens with zero attached hydrogens (tertiary/aromatic N) is 3. The predicted octanol–water partition coefficient (Wildman–Crippen LogP) is 2.36. The third kappa shape index (κ3) is 4.74. The fourth-order valence-corrected chi connectivity index (χ4v) is 4.03. The van der Waals surface area contributed by atoms with Crippen LogP contribution in [0.5, 0.6) is 0 Å². The molecule has 1 saturated heterocycles. The van der Waals surface area contributed by atoms with E-state index in [9.17, 15) is 14.4 Å². The quantitative estimate of drug-likeness (QED) is 0.489. The van der Waals surface area contributed by atoms with Gasteiger partial charge in [-0.2, -0.15) is 5.10 Å². The van der Waals surface area contributed by atoms with Crippen molar-refractivity contribution in [1.29, 1.82) is 0 Å². The molecule has 33 heavy (non-hydrogen) atoms. The van der Waals surface area contributed by atoms with Gasteiger partial charge < -0.3 is 20.4 Å². The number of aromatic nitrogens is 4. The molecule has 1 atom stereocenters. The first kappa shape index (κ1) is 22.5. The van der Waals surface area contributed by atoms with Gasteiger partial charge in [0.25, 0.3) is 11.5 Å². The van der Waals surface area contributed by atoms with E-state index >= 15 is 0 Å². The molecular formula is C23H28N6O4. The summed E-state index contributed by atoms with van der Waals surface area (Å²) in [7, 11) is 0. The summed E-state index contributed by atoms with van der Waals surface area (Å²) < 4.78 is 6.76. The molecule has 0 aliphatic carbocycles. The van der Waals surface area contributed by atoms with Crippen LogP contribution in [0, 0.1) is 13.8 Å². The van der Waals surface area contributed by atoms with Gasteiger partial charge >= 0.3 is 5.97 Å². The van der Waals surface area contributed by atoms with Crippen LogP contribution in [0.2, 0.25) is 0 Å². The van der Waals surface area contributed by atoms with Gasteiger partial charge in [-0.1, -0.05) is 0 Å². The molecule has 0 bridgehead atoms. The van der Waals surface area contributed by atoms with E-state index < -0.39 is 0 Å². The van der Waals surface area contributed by atoms with Crippen LogP contribution in [-0.4, -0.2) is 44.3 Å². The Balaban J connectivity index is 1.66. The summed E-state index contributed by atoms with van der Waals surface area (Å²) in [5, 5.41) is 11.2. The average molecular weight is 453 g/mol. The average Bonchev–Trinajstić information content (AvgIpc) is 3.16. The minimum Gasteiger partial charge on any atom is -0.466 e. The predicted molar refractivity (Wildman–Crippen MR) is 123 cm³/mol. The van der Waals surface area contributed by atoms with Crippen molar-refractivity contribution >= 4 is 28.7 Å². The summed E-state index contributed by atoms with van der Waals surface area (Å²) >= 11 is 0. The largest absolute Gasteiger partial charge is 0.466 e. The zero-order valence-corrected chi connectivity index (χ0v) is 19.2. The van der Waals surface area contributed by atoms with Crippen molar-refractivity contribution in [2.24, 2.45) is 0 Å². The van der Waals surface area contributed by atoms with Crippen LogP contribution in [0.25, 0.3) is 11.0 Å². The van der Waals surface area contributed by atoms with Crippen molar-refractivity contribution in [3.05, 3.63) is 51.1 Å². The molecule has 1 aliphatic heterocycles. The molecular weight excluding hydrogens is 424 g/mol. The fraction of sp³-hybridized carbons (Fsp3) is 0.435. The van der Waals surface area contributed by atoms with Crippen LogP contribution < -0.4 is 16.2 Å². The van der Waals surface area contributed by atoms with E-state index in [2.05, 4.69) is 25.7 Å². The van der Waals surface area contributed by atoms with Crippen LogP contribution in [0.3, 0.4) is 0 Å². The number of pyridine rings is 2. The molecule has 0 radical (unpaired) electrons. The summed E-state index contributed by atoms with van der Waals surface area (Å²) in [5.41, 5.74) is 2.85. The molecule has 0 spiro atoms. The number of esters is 1. The van der Waals surface area contributed by atoms with Gasteiger partial charge in [0, 0.05) is 36.3 Å². The summed E-state index contributed by atoms with van der Waals surface area (Å²) in [6, 6.07) is 3.45. The second-order valence-electron chi connectivity index (χ2n) is 8.66. The van der Waals surface area contributed by atoms with Gasteiger partial charge in [-0.25, -0.2) is 9.67 Å². The number of rotatable bonds is 6. The number of hydrogen-bond donors (Lipinski definition) is 3. The maximum atomic E-state index is 13.2. The number of carbonyl (C=O) groups excluding carboxylic acids is 2. The number of nitrogens with one attached hydrogen (secondary N) is 3. The zero-order valence-electron chi connectivity index (χ0n) is 19.2. The van der Waals surface area contributed by atoms with E-state index in [-0.39, 0.29) is 42.5 Å². The summed E-state index contributed by atoms with van der Waals surface area (Å²) in [5.74, 6) is -0.112. The number of anilines is 1. The van der Waals surface area contributed by atoms with Crippen LogP contribution in [-0.2, 0) is 16.1 Å². The van der Waals surface area contributed by atoms with Crippen LogP contribution >= 0.6 is 0 Å². The van der Waals surface area contributed by atoms with E-state index in [1.807, 2.05) is 33.8 Å². The normalized spacial score (nSPS) is 16.2. The first-order valence-electron chi connectivity index (χ1n) is 11.0. The number of amides is 1. The van der Waals surface area contributed by atoms with Crippen molar-refractivity contribution in [2.45, 2.75) is 59.2 Å². The van der Waals surface area contributed by atoms with Crippen LogP contribution in [0.15, 0.2) is 23.1 Å². The van der Waals surface area contributed by atoms with Crippen LogP contribution in [0.1, 0.15) is 59.9 Å². The smallest absolute Gasteiger partial charge is 0.307 e. The molecule has 1 unspecified atom stereocenters. The number of cyclic esters (lactones) is 1.